The van der Waals surface area contributed by atoms with Crippen molar-refractivity contribution in [3.8, 4) is 11.5 Å². The quantitative estimate of drug-likeness (QED) is 0.785. The fourth-order valence-corrected chi connectivity index (χ4v) is 2.59. The fourth-order valence-electron chi connectivity index (χ4n) is 2.59. The SMILES string of the molecule is CCCCOc1c(CN2CCNC(=O)[C@@H]2C)cccc1OC. The maximum Gasteiger partial charge on any atom is 0.237 e. The smallest absolute Gasteiger partial charge is 0.237 e. The van der Waals surface area contributed by atoms with Crippen molar-refractivity contribution in [1.82, 2.24) is 10.2 Å². The number of para-hydroxylation sites is 1. The molecule has 0 aromatic heterocycles. The maximum atomic E-state index is 11.8. The first-order valence-corrected chi connectivity index (χ1v) is 7.97. The first-order chi connectivity index (χ1) is 10.7. The van der Waals surface area contributed by atoms with Gasteiger partial charge in [-0.15, -0.1) is 0 Å². The molecule has 22 heavy (non-hydrogen) atoms. The number of hydrogen-bond acceptors (Lipinski definition) is 4. The highest BCUT2D eigenvalue weighted by Gasteiger charge is 2.26. The molecule has 2 rings (SSSR count). The minimum atomic E-state index is -0.122. The van der Waals surface area contributed by atoms with Gasteiger partial charge in [-0.1, -0.05) is 25.5 Å². The van der Waals surface area contributed by atoms with Gasteiger partial charge in [0.25, 0.3) is 0 Å². The minimum absolute atomic E-state index is 0.0857. The average molecular weight is 306 g/mol. The fraction of sp³-hybridized carbons (Fsp3) is 0.588. The van der Waals surface area contributed by atoms with Gasteiger partial charge in [0.2, 0.25) is 5.91 Å². The molecule has 122 valence electrons. The Hall–Kier alpha value is -1.75. The lowest BCUT2D eigenvalue weighted by Crippen LogP contribution is -2.53. The summed E-state index contributed by atoms with van der Waals surface area (Å²) in [6, 6.07) is 5.80. The van der Waals surface area contributed by atoms with E-state index in [1.165, 1.54) is 0 Å². The summed E-state index contributed by atoms with van der Waals surface area (Å²) in [4.78, 5) is 14.0. The summed E-state index contributed by atoms with van der Waals surface area (Å²) in [7, 11) is 1.66. The molecule has 1 aromatic rings. The molecule has 1 fully saturated rings. The normalized spacial score (nSPS) is 18.9. The molecule has 0 saturated carbocycles. The van der Waals surface area contributed by atoms with E-state index in [1.54, 1.807) is 7.11 Å². The second-order valence-electron chi connectivity index (χ2n) is 5.59. The topological polar surface area (TPSA) is 50.8 Å². The van der Waals surface area contributed by atoms with Crippen LogP contribution in [-0.4, -0.2) is 43.7 Å². The third-order valence-corrected chi connectivity index (χ3v) is 4.02. The summed E-state index contributed by atoms with van der Waals surface area (Å²) >= 11 is 0. The van der Waals surface area contributed by atoms with Crippen molar-refractivity contribution in [2.24, 2.45) is 0 Å². The van der Waals surface area contributed by atoms with Crippen molar-refractivity contribution >= 4 is 5.91 Å². The van der Waals surface area contributed by atoms with Crippen LogP contribution in [0.3, 0.4) is 0 Å². The van der Waals surface area contributed by atoms with Crippen molar-refractivity contribution in [3.63, 3.8) is 0 Å². The third-order valence-electron chi connectivity index (χ3n) is 4.02. The summed E-state index contributed by atoms with van der Waals surface area (Å²) in [6.07, 6.45) is 2.10. The van der Waals surface area contributed by atoms with Crippen LogP contribution in [0, 0.1) is 0 Å². The van der Waals surface area contributed by atoms with E-state index in [4.69, 9.17) is 9.47 Å². The predicted molar refractivity (Wildman–Crippen MR) is 86.3 cm³/mol. The Morgan fingerprint density at radius 3 is 2.95 bits per heavy atom. The van der Waals surface area contributed by atoms with E-state index in [9.17, 15) is 4.79 Å². The van der Waals surface area contributed by atoms with Crippen molar-refractivity contribution in [1.29, 1.82) is 0 Å². The number of piperazine rings is 1. The molecule has 0 spiro atoms. The lowest BCUT2D eigenvalue weighted by atomic mass is 10.1. The van der Waals surface area contributed by atoms with Gasteiger partial charge in [-0.05, 0) is 19.4 Å². The van der Waals surface area contributed by atoms with Crippen molar-refractivity contribution < 1.29 is 14.3 Å². The van der Waals surface area contributed by atoms with E-state index in [0.717, 1.165) is 36.4 Å². The molecule has 0 bridgehead atoms. The summed E-state index contributed by atoms with van der Waals surface area (Å²) in [5.41, 5.74) is 1.07. The standard InChI is InChI=1S/C17H26N2O3/c1-4-5-11-22-16-14(7-6-8-15(16)21-3)12-19-10-9-18-17(20)13(19)2/h6-8,13H,4-5,9-12H2,1-3H3,(H,18,20)/t13-/m0/s1. The number of ether oxygens (including phenoxy) is 2. The molecule has 1 saturated heterocycles. The highest BCUT2D eigenvalue weighted by atomic mass is 16.5. The van der Waals surface area contributed by atoms with E-state index in [-0.39, 0.29) is 11.9 Å². The Morgan fingerprint density at radius 2 is 2.23 bits per heavy atom. The van der Waals surface area contributed by atoms with Crippen LogP contribution in [0.2, 0.25) is 0 Å². The maximum absolute atomic E-state index is 11.8. The number of carbonyl (C=O) groups excluding carboxylic acids is 1. The van der Waals surface area contributed by atoms with Crippen molar-refractivity contribution in [2.45, 2.75) is 39.3 Å². The Labute approximate surface area is 132 Å². The van der Waals surface area contributed by atoms with Crippen LogP contribution in [0.1, 0.15) is 32.3 Å². The van der Waals surface area contributed by atoms with Gasteiger partial charge in [-0.3, -0.25) is 9.69 Å². The van der Waals surface area contributed by atoms with Gasteiger partial charge < -0.3 is 14.8 Å². The number of nitrogens with zero attached hydrogens (tertiary/aromatic N) is 1. The van der Waals surface area contributed by atoms with Crippen LogP contribution in [-0.2, 0) is 11.3 Å². The molecule has 5 heteroatoms. The second kappa shape index (κ2) is 8.03. The first kappa shape index (κ1) is 16.6. The highest BCUT2D eigenvalue weighted by Crippen LogP contribution is 2.32. The molecule has 1 heterocycles. The lowest BCUT2D eigenvalue weighted by Gasteiger charge is -2.33. The number of unbranched alkanes of at least 4 members (excludes halogenated alkanes) is 1. The van der Waals surface area contributed by atoms with Crippen LogP contribution in [0.15, 0.2) is 18.2 Å². The molecule has 1 aliphatic rings. The van der Waals surface area contributed by atoms with Crippen LogP contribution >= 0.6 is 0 Å². The Bertz CT molecular complexity index is 505. The number of hydrogen-bond donors (Lipinski definition) is 1. The third kappa shape index (κ3) is 3.91. The molecule has 1 aliphatic heterocycles. The molecule has 1 amide bonds. The van der Waals surface area contributed by atoms with Gasteiger partial charge in [0.1, 0.15) is 0 Å². The zero-order chi connectivity index (χ0) is 15.9. The molecule has 0 aliphatic carbocycles. The molecule has 1 aromatic carbocycles. The summed E-state index contributed by atoms with van der Waals surface area (Å²) < 4.78 is 11.4. The zero-order valence-electron chi connectivity index (χ0n) is 13.7. The molecule has 1 N–H and O–H groups in total. The van der Waals surface area contributed by atoms with Gasteiger partial charge >= 0.3 is 0 Å². The van der Waals surface area contributed by atoms with Gasteiger partial charge in [-0.25, -0.2) is 0 Å². The van der Waals surface area contributed by atoms with Crippen LogP contribution in [0.4, 0.5) is 0 Å². The van der Waals surface area contributed by atoms with Gasteiger partial charge in [0.15, 0.2) is 11.5 Å². The van der Waals surface area contributed by atoms with Gasteiger partial charge in [-0.2, -0.15) is 0 Å². The Kier molecular flexibility index (Phi) is 6.07. The number of benzene rings is 1. The minimum Gasteiger partial charge on any atom is -0.493 e. The summed E-state index contributed by atoms with van der Waals surface area (Å²) in [5.74, 6) is 1.64. The number of carbonyl (C=O) groups is 1. The largest absolute Gasteiger partial charge is 0.493 e. The molecule has 5 nitrogen and oxygen atoms in total. The van der Waals surface area contributed by atoms with E-state index in [1.807, 2.05) is 25.1 Å². The second-order valence-corrected chi connectivity index (χ2v) is 5.59. The Morgan fingerprint density at radius 1 is 1.41 bits per heavy atom. The summed E-state index contributed by atoms with van der Waals surface area (Å²) in [6.45, 7) is 6.98. The monoisotopic (exact) mass is 306 g/mol. The molecular formula is C17H26N2O3. The molecular weight excluding hydrogens is 280 g/mol. The summed E-state index contributed by atoms with van der Waals surface area (Å²) in [5, 5.41) is 2.89. The van der Waals surface area contributed by atoms with Crippen molar-refractivity contribution in [2.75, 3.05) is 26.8 Å². The van der Waals surface area contributed by atoms with Crippen LogP contribution in [0.5, 0.6) is 11.5 Å². The Balaban J connectivity index is 2.16. The number of amides is 1. The van der Waals surface area contributed by atoms with E-state index >= 15 is 0 Å². The molecule has 1 atom stereocenters. The van der Waals surface area contributed by atoms with Crippen LogP contribution < -0.4 is 14.8 Å². The predicted octanol–water partition coefficient (Wildman–Crippen LogP) is 2.19. The van der Waals surface area contributed by atoms with Gasteiger partial charge in [0, 0.05) is 25.2 Å². The average Bonchev–Trinajstić information content (AvgIpc) is 2.53. The number of rotatable bonds is 7. The van der Waals surface area contributed by atoms with Crippen molar-refractivity contribution in [3.05, 3.63) is 23.8 Å². The number of nitrogens with one attached hydrogen (secondary N) is 1. The first-order valence-electron chi connectivity index (χ1n) is 7.97. The van der Waals surface area contributed by atoms with E-state index < -0.39 is 0 Å². The highest BCUT2D eigenvalue weighted by molar-refractivity contribution is 5.82. The van der Waals surface area contributed by atoms with Gasteiger partial charge in [0.05, 0.1) is 19.8 Å². The molecule has 0 unspecified atom stereocenters. The van der Waals surface area contributed by atoms with Crippen LogP contribution in [0.25, 0.3) is 0 Å². The number of methoxy groups -OCH3 is 1. The van der Waals surface area contributed by atoms with E-state index in [0.29, 0.717) is 19.7 Å². The lowest BCUT2D eigenvalue weighted by molar-refractivity contribution is -0.128. The van der Waals surface area contributed by atoms with E-state index in [2.05, 4.69) is 17.1 Å². The zero-order valence-corrected chi connectivity index (χ0v) is 13.7. The molecule has 0 radical (unpaired) electrons.